The fourth-order valence-electron chi connectivity index (χ4n) is 6.22. The van der Waals surface area contributed by atoms with E-state index in [4.69, 9.17) is 9.47 Å². The van der Waals surface area contributed by atoms with Crippen molar-refractivity contribution in [3.8, 4) is 0 Å². The normalized spacial score (nSPS) is 13.7. The summed E-state index contributed by atoms with van der Waals surface area (Å²) in [5, 5.41) is 9.63. The number of rotatable bonds is 44. The Hall–Kier alpha value is -4.74. The molecule has 5 nitrogen and oxygen atoms in total. The average Bonchev–Trinajstić information content (AvgIpc) is 3.32. The van der Waals surface area contributed by atoms with Crippen LogP contribution in [0.2, 0.25) is 0 Å². The molecule has 0 rings (SSSR count). The van der Waals surface area contributed by atoms with Crippen molar-refractivity contribution >= 4 is 11.9 Å². The van der Waals surface area contributed by atoms with Crippen LogP contribution in [0.5, 0.6) is 0 Å². The van der Waals surface area contributed by atoms with Crippen LogP contribution >= 0.6 is 0 Å². The van der Waals surface area contributed by atoms with E-state index < -0.39 is 6.10 Å². The van der Waals surface area contributed by atoms with Crippen LogP contribution in [0, 0.1) is 0 Å². The second-order valence-electron chi connectivity index (χ2n) is 16.1. The Balaban J connectivity index is 3.72. The Labute approximate surface area is 404 Å². The Morgan fingerprint density at radius 3 is 0.894 bits per heavy atom. The number of allylic oxidation sites excluding steroid dienone is 28. The van der Waals surface area contributed by atoms with Gasteiger partial charge in [0.05, 0.1) is 6.61 Å². The van der Waals surface area contributed by atoms with Crippen molar-refractivity contribution in [1.82, 2.24) is 0 Å². The van der Waals surface area contributed by atoms with E-state index in [2.05, 4.69) is 184 Å². The Bertz CT molecular complexity index is 1540. The van der Waals surface area contributed by atoms with E-state index in [0.717, 1.165) is 154 Å². The van der Waals surface area contributed by atoms with Gasteiger partial charge in [0.15, 0.2) is 6.10 Å². The molecule has 0 aromatic rings. The largest absolute Gasteiger partial charge is 0.462 e. The quantitative estimate of drug-likeness (QED) is 0.0375. The number of aliphatic hydroxyl groups is 1. The van der Waals surface area contributed by atoms with Crippen LogP contribution in [0.3, 0.4) is 0 Å². The van der Waals surface area contributed by atoms with E-state index in [9.17, 15) is 14.7 Å². The van der Waals surface area contributed by atoms with Crippen molar-refractivity contribution in [3.63, 3.8) is 0 Å². The van der Waals surface area contributed by atoms with E-state index >= 15 is 0 Å². The molecule has 0 saturated heterocycles. The van der Waals surface area contributed by atoms with Crippen LogP contribution in [-0.4, -0.2) is 36.4 Å². The SMILES string of the molecule is CC/C=C\C/C=C\C/C=C\C/C=C\C/C=C\C/C=C\C/C=C\C/C=C\CCCCCCC(=O)OC(CO)COC(=O)CCCCCC/C=C\C/C=C\C/C=C\C/C=C\C/C=C\C/C=C\CC. The molecule has 0 heterocycles. The highest BCUT2D eigenvalue weighted by Gasteiger charge is 2.16. The number of hydrogen-bond acceptors (Lipinski definition) is 5. The molecule has 0 amide bonds. The molecule has 0 aromatic carbocycles. The lowest BCUT2D eigenvalue weighted by Crippen LogP contribution is -2.28. The predicted octanol–water partition coefficient (Wildman–Crippen LogP) is 17.4. The third-order valence-electron chi connectivity index (χ3n) is 10.0. The van der Waals surface area contributed by atoms with E-state index in [1.165, 1.54) is 0 Å². The van der Waals surface area contributed by atoms with Gasteiger partial charge in [0.1, 0.15) is 6.61 Å². The molecular formula is C61H92O5. The number of ether oxygens (including phenoxy) is 2. The molecule has 0 aliphatic carbocycles. The summed E-state index contributed by atoms with van der Waals surface area (Å²) in [6.07, 6.45) is 85.8. The van der Waals surface area contributed by atoms with Gasteiger partial charge >= 0.3 is 11.9 Å². The molecule has 1 unspecified atom stereocenters. The minimum atomic E-state index is -0.812. The first-order chi connectivity index (χ1) is 32.6. The number of unbranched alkanes of at least 4 members (excludes halogenated alkanes) is 8. The lowest BCUT2D eigenvalue weighted by atomic mass is 10.1. The van der Waals surface area contributed by atoms with E-state index in [0.29, 0.717) is 12.8 Å². The summed E-state index contributed by atoms with van der Waals surface area (Å²) in [5.74, 6) is -0.667. The average molecular weight is 905 g/mol. The highest BCUT2D eigenvalue weighted by atomic mass is 16.6. The van der Waals surface area contributed by atoms with Gasteiger partial charge in [-0.1, -0.05) is 210 Å². The van der Waals surface area contributed by atoms with E-state index in [1.54, 1.807) is 0 Å². The first kappa shape index (κ1) is 61.3. The molecule has 0 aliphatic rings. The van der Waals surface area contributed by atoms with Gasteiger partial charge < -0.3 is 14.6 Å². The third-order valence-corrected chi connectivity index (χ3v) is 10.0. The van der Waals surface area contributed by atoms with Gasteiger partial charge in [-0.3, -0.25) is 9.59 Å². The van der Waals surface area contributed by atoms with Crippen molar-refractivity contribution in [2.75, 3.05) is 13.2 Å². The number of esters is 2. The van der Waals surface area contributed by atoms with Crippen LogP contribution in [0.25, 0.3) is 0 Å². The number of carbonyl (C=O) groups is 2. The molecular weight excluding hydrogens is 813 g/mol. The maximum absolute atomic E-state index is 12.3. The summed E-state index contributed by atoms with van der Waals surface area (Å²) in [6, 6.07) is 0. The molecule has 0 saturated carbocycles. The standard InChI is InChI=1S/C61H92O5/c1-3-5-7-9-11-13-15-17-19-21-23-25-27-28-29-30-31-32-34-36-38-40-42-44-46-48-50-52-54-56-61(64)66-59(57-62)58-65-60(63)55-53-51-49-47-45-43-41-39-37-35-33-26-24-22-20-18-16-14-12-10-8-6-4-2/h5-8,11-14,17-20,23-26,28-29,31-32,35-38,41-44,59,62H,3-4,9-10,15-16,21-22,27,30,33-34,39-40,45-58H2,1-2H3/b7-5-,8-6-,13-11-,14-12-,19-17-,20-18-,25-23-,26-24-,29-28-,32-31-,37-35-,38-36-,43-41-,44-42-. The Kier molecular flexibility index (Phi) is 50.7. The van der Waals surface area contributed by atoms with Crippen LogP contribution in [0.1, 0.15) is 181 Å². The topological polar surface area (TPSA) is 72.8 Å². The van der Waals surface area contributed by atoms with Crippen molar-refractivity contribution < 1.29 is 24.2 Å². The van der Waals surface area contributed by atoms with Crippen LogP contribution in [0.15, 0.2) is 170 Å². The molecule has 5 heteroatoms. The maximum atomic E-state index is 12.3. The van der Waals surface area contributed by atoms with Gasteiger partial charge in [-0.2, -0.15) is 0 Å². The third kappa shape index (κ3) is 51.9. The van der Waals surface area contributed by atoms with Gasteiger partial charge in [0, 0.05) is 12.8 Å². The van der Waals surface area contributed by atoms with Crippen LogP contribution in [0.4, 0.5) is 0 Å². The molecule has 0 spiro atoms. The monoisotopic (exact) mass is 905 g/mol. The number of carbonyl (C=O) groups excluding carboxylic acids is 2. The molecule has 0 aromatic heterocycles. The molecule has 0 bridgehead atoms. The zero-order valence-corrected chi connectivity index (χ0v) is 41.6. The summed E-state index contributed by atoms with van der Waals surface area (Å²) >= 11 is 0. The van der Waals surface area contributed by atoms with Crippen molar-refractivity contribution in [3.05, 3.63) is 170 Å². The molecule has 0 aliphatic heterocycles. The lowest BCUT2D eigenvalue weighted by molar-refractivity contribution is -0.161. The van der Waals surface area contributed by atoms with Gasteiger partial charge in [-0.05, 0) is 128 Å². The second-order valence-corrected chi connectivity index (χ2v) is 16.1. The lowest BCUT2D eigenvalue weighted by Gasteiger charge is -2.15. The Morgan fingerprint density at radius 1 is 0.348 bits per heavy atom. The predicted molar refractivity (Wildman–Crippen MR) is 287 cm³/mol. The smallest absolute Gasteiger partial charge is 0.306 e. The van der Waals surface area contributed by atoms with Crippen LogP contribution in [-0.2, 0) is 19.1 Å². The van der Waals surface area contributed by atoms with E-state index in [1.807, 2.05) is 0 Å². The van der Waals surface area contributed by atoms with Crippen LogP contribution < -0.4 is 0 Å². The fourth-order valence-corrected chi connectivity index (χ4v) is 6.22. The molecule has 66 heavy (non-hydrogen) atoms. The Morgan fingerprint density at radius 2 is 0.606 bits per heavy atom. The minimum absolute atomic E-state index is 0.103. The zero-order valence-electron chi connectivity index (χ0n) is 41.6. The number of hydrogen-bond donors (Lipinski definition) is 1. The first-order valence-corrected chi connectivity index (χ1v) is 25.7. The van der Waals surface area contributed by atoms with Crippen molar-refractivity contribution in [2.24, 2.45) is 0 Å². The van der Waals surface area contributed by atoms with Crippen molar-refractivity contribution in [1.29, 1.82) is 0 Å². The van der Waals surface area contributed by atoms with Gasteiger partial charge in [-0.25, -0.2) is 0 Å². The molecule has 366 valence electrons. The molecule has 1 N–H and O–H groups in total. The maximum Gasteiger partial charge on any atom is 0.306 e. The molecule has 0 radical (unpaired) electrons. The summed E-state index contributed by atoms with van der Waals surface area (Å²) in [6.45, 7) is 3.85. The van der Waals surface area contributed by atoms with Crippen molar-refractivity contribution in [2.45, 2.75) is 187 Å². The highest BCUT2D eigenvalue weighted by molar-refractivity contribution is 5.70. The zero-order chi connectivity index (χ0) is 47.7. The summed E-state index contributed by atoms with van der Waals surface area (Å²) in [5.41, 5.74) is 0. The van der Waals surface area contributed by atoms with Gasteiger partial charge in [-0.15, -0.1) is 0 Å². The number of aliphatic hydroxyl groups excluding tert-OH is 1. The molecule has 1 atom stereocenters. The highest BCUT2D eigenvalue weighted by Crippen LogP contribution is 2.10. The first-order valence-electron chi connectivity index (χ1n) is 25.7. The van der Waals surface area contributed by atoms with Gasteiger partial charge in [0.25, 0.3) is 0 Å². The second kappa shape index (κ2) is 54.6. The minimum Gasteiger partial charge on any atom is -0.462 e. The summed E-state index contributed by atoms with van der Waals surface area (Å²) in [4.78, 5) is 24.5. The fraction of sp³-hybridized carbons (Fsp3) is 0.508. The van der Waals surface area contributed by atoms with E-state index in [-0.39, 0.29) is 25.2 Å². The summed E-state index contributed by atoms with van der Waals surface area (Å²) < 4.78 is 10.6. The van der Waals surface area contributed by atoms with Gasteiger partial charge in [0.2, 0.25) is 0 Å². The summed E-state index contributed by atoms with van der Waals surface area (Å²) in [7, 11) is 0. The molecule has 0 fully saturated rings.